The average molecular weight is 445 g/mol. The normalized spacial score (nSPS) is 22.1. The van der Waals surface area contributed by atoms with Crippen LogP contribution in [0.5, 0.6) is 0 Å². The standard InChI is InChI=1S/C21H22ClFN6O2/c1-2-7-31-21(30)29-6-4-3-5-14(29)10-25-20-17(23)12-27-19(28-20)16-11-26-18-15(16)8-13(22)9-24-18/h1,8-9,11-12,14,18,24,26H,3-7,10H2,(H,25,27,28)/t14-,18?/m1/s1. The van der Waals surface area contributed by atoms with Gasteiger partial charge in [-0.25, -0.2) is 19.2 Å². The molecule has 0 radical (unpaired) electrons. The van der Waals surface area contributed by atoms with E-state index >= 15 is 0 Å². The van der Waals surface area contributed by atoms with Crippen molar-refractivity contribution in [2.75, 3.05) is 25.0 Å². The van der Waals surface area contributed by atoms with E-state index in [1.165, 1.54) is 0 Å². The molecule has 2 atom stereocenters. The lowest BCUT2D eigenvalue weighted by atomic mass is 10.0. The van der Waals surface area contributed by atoms with Gasteiger partial charge in [-0.3, -0.25) is 0 Å². The smallest absolute Gasteiger partial charge is 0.411 e. The zero-order valence-electron chi connectivity index (χ0n) is 16.7. The predicted molar refractivity (Wildman–Crippen MR) is 115 cm³/mol. The number of halogens is 2. The second-order valence-electron chi connectivity index (χ2n) is 7.33. The van der Waals surface area contributed by atoms with Crippen molar-refractivity contribution in [2.24, 2.45) is 0 Å². The highest BCUT2D eigenvalue weighted by atomic mass is 35.5. The van der Waals surface area contributed by atoms with Crippen LogP contribution < -0.4 is 16.0 Å². The summed E-state index contributed by atoms with van der Waals surface area (Å²) in [7, 11) is 0. The van der Waals surface area contributed by atoms with E-state index in [2.05, 4.69) is 31.8 Å². The minimum Gasteiger partial charge on any atom is -0.436 e. The number of piperidine rings is 1. The molecule has 3 aliphatic rings. The van der Waals surface area contributed by atoms with Gasteiger partial charge in [0.1, 0.15) is 6.17 Å². The Morgan fingerprint density at radius 2 is 2.26 bits per heavy atom. The zero-order valence-corrected chi connectivity index (χ0v) is 17.5. The summed E-state index contributed by atoms with van der Waals surface area (Å²) in [6.45, 7) is 0.827. The Hall–Kier alpha value is -3.25. The first-order valence-electron chi connectivity index (χ1n) is 10.0. The molecule has 4 heterocycles. The SMILES string of the molecule is C#CCOC(=O)N1CCCC[C@@H]1CNc1nc(C2=CNC3NC=C(Cl)C=C23)ncc1F. The van der Waals surface area contributed by atoms with Gasteiger partial charge in [0.05, 0.1) is 17.3 Å². The number of carbonyl (C=O) groups is 1. The maximum absolute atomic E-state index is 14.4. The minimum absolute atomic E-state index is 0.0721. The van der Waals surface area contributed by atoms with Crippen molar-refractivity contribution in [1.29, 1.82) is 0 Å². The molecule has 1 saturated heterocycles. The van der Waals surface area contributed by atoms with Gasteiger partial charge in [-0.15, -0.1) is 6.42 Å². The molecule has 10 heteroatoms. The van der Waals surface area contributed by atoms with Gasteiger partial charge in [-0.2, -0.15) is 0 Å². The number of amides is 1. The molecule has 1 fully saturated rings. The second kappa shape index (κ2) is 9.27. The van der Waals surface area contributed by atoms with E-state index in [4.69, 9.17) is 22.8 Å². The van der Waals surface area contributed by atoms with Crippen LogP contribution in [0.2, 0.25) is 0 Å². The van der Waals surface area contributed by atoms with Crippen molar-refractivity contribution in [3.63, 3.8) is 0 Å². The molecular weight excluding hydrogens is 423 g/mol. The molecular formula is C21H22ClFN6O2. The number of hydrogen-bond donors (Lipinski definition) is 3. The Kier molecular flexibility index (Phi) is 6.28. The molecule has 0 spiro atoms. The van der Waals surface area contributed by atoms with Crippen LogP contribution in [0.3, 0.4) is 0 Å². The Morgan fingerprint density at radius 3 is 3.10 bits per heavy atom. The maximum atomic E-state index is 14.4. The fourth-order valence-corrected chi connectivity index (χ4v) is 4.00. The minimum atomic E-state index is -0.571. The topological polar surface area (TPSA) is 91.4 Å². The first-order valence-corrected chi connectivity index (χ1v) is 10.4. The monoisotopic (exact) mass is 444 g/mol. The van der Waals surface area contributed by atoms with Crippen LogP contribution in [-0.2, 0) is 4.74 Å². The molecule has 1 unspecified atom stereocenters. The molecule has 0 aliphatic carbocycles. The average Bonchev–Trinajstić information content (AvgIpc) is 3.20. The summed E-state index contributed by atoms with van der Waals surface area (Å²) >= 11 is 6.10. The summed E-state index contributed by atoms with van der Waals surface area (Å²) in [4.78, 5) is 22.4. The van der Waals surface area contributed by atoms with Crippen LogP contribution in [0, 0.1) is 18.2 Å². The lowest BCUT2D eigenvalue weighted by Crippen LogP contribution is -2.47. The molecule has 1 amide bonds. The highest BCUT2D eigenvalue weighted by molar-refractivity contribution is 6.31. The Bertz CT molecular complexity index is 1000. The van der Waals surface area contributed by atoms with Gasteiger partial charge in [0.2, 0.25) is 0 Å². The largest absolute Gasteiger partial charge is 0.436 e. The van der Waals surface area contributed by atoms with Crippen LogP contribution in [-0.4, -0.2) is 52.9 Å². The number of fused-ring (bicyclic) bond motifs is 1. The molecule has 162 valence electrons. The van der Waals surface area contributed by atoms with Gasteiger partial charge < -0.3 is 25.6 Å². The fraction of sp³-hybridized carbons (Fsp3) is 0.381. The summed E-state index contributed by atoms with van der Waals surface area (Å²) in [6.07, 6.45) is 13.6. The van der Waals surface area contributed by atoms with Crippen molar-refractivity contribution >= 4 is 29.1 Å². The molecule has 31 heavy (non-hydrogen) atoms. The first-order chi connectivity index (χ1) is 15.1. The van der Waals surface area contributed by atoms with Gasteiger partial charge in [-0.05, 0) is 25.3 Å². The lowest BCUT2D eigenvalue weighted by Gasteiger charge is -2.34. The van der Waals surface area contributed by atoms with Gasteiger partial charge >= 0.3 is 6.09 Å². The molecule has 0 bridgehead atoms. The van der Waals surface area contributed by atoms with Crippen molar-refractivity contribution in [3.05, 3.63) is 46.9 Å². The Balaban J connectivity index is 1.47. The highest BCUT2D eigenvalue weighted by Gasteiger charge is 2.29. The predicted octanol–water partition coefficient (Wildman–Crippen LogP) is 2.53. The quantitative estimate of drug-likeness (QED) is 0.601. The van der Waals surface area contributed by atoms with Gasteiger partial charge in [0, 0.05) is 36.6 Å². The molecule has 0 saturated carbocycles. The number of aromatic nitrogens is 2. The van der Waals surface area contributed by atoms with Crippen LogP contribution in [0.25, 0.3) is 5.57 Å². The number of hydrogen-bond acceptors (Lipinski definition) is 7. The number of nitrogens with zero attached hydrogens (tertiary/aromatic N) is 3. The molecule has 8 nitrogen and oxygen atoms in total. The van der Waals surface area contributed by atoms with Crippen molar-refractivity contribution in [3.8, 4) is 12.3 Å². The summed E-state index contributed by atoms with van der Waals surface area (Å²) < 4.78 is 19.5. The number of rotatable bonds is 5. The van der Waals surface area contributed by atoms with Crippen LogP contribution in [0.15, 0.2) is 35.3 Å². The number of allylic oxidation sites excluding steroid dienone is 2. The third-order valence-electron chi connectivity index (χ3n) is 5.33. The van der Waals surface area contributed by atoms with E-state index in [-0.39, 0.29) is 24.6 Å². The lowest BCUT2D eigenvalue weighted by molar-refractivity contribution is 0.0850. The molecule has 1 aromatic heterocycles. The number of ether oxygens (including phenoxy) is 1. The molecule has 1 aromatic rings. The molecule has 0 aromatic carbocycles. The van der Waals surface area contributed by atoms with E-state index in [0.717, 1.165) is 36.6 Å². The first kappa shape index (κ1) is 21.0. The number of anilines is 1. The number of terminal acetylenes is 1. The van der Waals surface area contributed by atoms with E-state index in [9.17, 15) is 9.18 Å². The van der Waals surface area contributed by atoms with Crippen LogP contribution >= 0.6 is 11.6 Å². The number of carbonyl (C=O) groups excluding carboxylic acids is 1. The third-order valence-corrected chi connectivity index (χ3v) is 5.55. The second-order valence-corrected chi connectivity index (χ2v) is 7.76. The summed E-state index contributed by atoms with van der Waals surface area (Å²) in [5.74, 6) is 2.16. The molecule has 4 rings (SSSR count). The highest BCUT2D eigenvalue weighted by Crippen LogP contribution is 2.31. The van der Waals surface area contributed by atoms with Crippen molar-refractivity contribution in [1.82, 2.24) is 25.5 Å². The van der Waals surface area contributed by atoms with Crippen LogP contribution in [0.4, 0.5) is 15.0 Å². The Labute approximate surface area is 184 Å². The van der Waals surface area contributed by atoms with Gasteiger partial charge in [0.15, 0.2) is 24.1 Å². The number of dihydropyridines is 1. The molecule has 3 N–H and O–H groups in total. The van der Waals surface area contributed by atoms with Crippen LogP contribution in [0.1, 0.15) is 25.1 Å². The third kappa shape index (κ3) is 4.59. The van der Waals surface area contributed by atoms with E-state index < -0.39 is 11.9 Å². The van der Waals surface area contributed by atoms with Crippen molar-refractivity contribution < 1.29 is 13.9 Å². The Morgan fingerprint density at radius 1 is 1.42 bits per heavy atom. The summed E-state index contributed by atoms with van der Waals surface area (Å²) in [6, 6.07) is -0.150. The van der Waals surface area contributed by atoms with Gasteiger partial charge in [-0.1, -0.05) is 17.5 Å². The van der Waals surface area contributed by atoms with E-state index in [1.54, 1.807) is 17.3 Å². The number of likely N-dealkylation sites (tertiary alicyclic amines) is 1. The molecule has 3 aliphatic heterocycles. The number of nitrogens with one attached hydrogen (secondary N) is 3. The van der Waals surface area contributed by atoms with E-state index in [1.807, 2.05) is 6.08 Å². The summed E-state index contributed by atoms with van der Waals surface area (Å²) in [5.41, 5.74) is 1.60. The van der Waals surface area contributed by atoms with E-state index in [0.29, 0.717) is 23.9 Å². The fourth-order valence-electron chi connectivity index (χ4n) is 3.82. The summed E-state index contributed by atoms with van der Waals surface area (Å²) in [5, 5.41) is 9.88. The maximum Gasteiger partial charge on any atom is 0.411 e. The van der Waals surface area contributed by atoms with Crippen molar-refractivity contribution in [2.45, 2.75) is 31.5 Å². The zero-order chi connectivity index (χ0) is 21.8. The van der Waals surface area contributed by atoms with Gasteiger partial charge in [0.25, 0.3) is 0 Å².